The summed E-state index contributed by atoms with van der Waals surface area (Å²) in [7, 11) is 1.72. The normalized spacial score (nSPS) is 14.4. The van der Waals surface area contributed by atoms with Crippen LogP contribution in [0, 0.1) is 13.8 Å². The van der Waals surface area contributed by atoms with Crippen LogP contribution in [0.2, 0.25) is 0 Å². The van der Waals surface area contributed by atoms with Gasteiger partial charge < -0.3 is 20.3 Å². The summed E-state index contributed by atoms with van der Waals surface area (Å²) < 4.78 is 5.51. The van der Waals surface area contributed by atoms with E-state index in [0.29, 0.717) is 5.69 Å². The molecule has 3 aromatic rings. The molecule has 1 aliphatic rings. The Morgan fingerprint density at radius 2 is 1.74 bits per heavy atom. The molecule has 2 amide bonds. The summed E-state index contributed by atoms with van der Waals surface area (Å²) >= 11 is 0. The van der Waals surface area contributed by atoms with Crippen LogP contribution in [0.25, 0.3) is 0 Å². The lowest BCUT2D eigenvalue weighted by molar-refractivity contribution is 0.262. The van der Waals surface area contributed by atoms with Crippen LogP contribution in [-0.2, 0) is 6.54 Å². The number of hydrogen-bond donors (Lipinski definition) is 2. The van der Waals surface area contributed by atoms with Gasteiger partial charge in [0.05, 0.1) is 19.0 Å². The van der Waals surface area contributed by atoms with Gasteiger partial charge in [-0.15, -0.1) is 0 Å². The average Bonchev–Trinajstić information content (AvgIpc) is 3.08. The van der Waals surface area contributed by atoms with Gasteiger partial charge in [-0.2, -0.15) is 0 Å². The SMILES string of the molecule is COc1ccccc1CN1CCCN(c2ccc(NC(=O)Nc3c(C)cccc3C)cn2)CC1. The minimum Gasteiger partial charge on any atom is -0.496 e. The molecule has 1 aromatic heterocycles. The maximum absolute atomic E-state index is 12.5. The van der Waals surface area contributed by atoms with Gasteiger partial charge in [0.25, 0.3) is 0 Å². The number of nitrogens with zero attached hydrogens (tertiary/aromatic N) is 3. The van der Waals surface area contributed by atoms with E-state index in [1.807, 2.05) is 56.3 Å². The third-order valence-corrected chi connectivity index (χ3v) is 6.22. The van der Waals surface area contributed by atoms with Crippen molar-refractivity contribution in [3.8, 4) is 5.75 Å². The standard InChI is InChI=1S/C27H33N5O2/c1-20-8-6-9-21(2)26(20)30-27(33)29-23-12-13-25(28-18-23)32-15-7-14-31(16-17-32)19-22-10-4-5-11-24(22)34-3/h4-6,8-13,18H,7,14-17,19H2,1-3H3,(H2,29,30,33). The Hall–Kier alpha value is -3.58. The predicted molar refractivity (Wildman–Crippen MR) is 138 cm³/mol. The Kier molecular flexibility index (Phi) is 7.65. The number of carbonyl (C=O) groups is 1. The Morgan fingerprint density at radius 1 is 0.941 bits per heavy atom. The van der Waals surface area contributed by atoms with Crippen LogP contribution in [0.1, 0.15) is 23.1 Å². The van der Waals surface area contributed by atoms with Crippen molar-refractivity contribution in [2.75, 3.05) is 48.8 Å². The van der Waals surface area contributed by atoms with Crippen LogP contribution in [0.3, 0.4) is 0 Å². The molecule has 2 N–H and O–H groups in total. The van der Waals surface area contributed by atoms with Gasteiger partial charge in [-0.3, -0.25) is 4.90 Å². The molecular formula is C27H33N5O2. The molecule has 0 radical (unpaired) electrons. The van der Waals surface area contributed by atoms with Crippen molar-refractivity contribution in [2.45, 2.75) is 26.8 Å². The van der Waals surface area contributed by atoms with Gasteiger partial charge in [0.1, 0.15) is 11.6 Å². The maximum Gasteiger partial charge on any atom is 0.323 e. The second-order valence-corrected chi connectivity index (χ2v) is 8.68. The molecule has 178 valence electrons. The zero-order valence-electron chi connectivity index (χ0n) is 20.2. The molecule has 0 saturated carbocycles. The Labute approximate surface area is 201 Å². The number of nitrogens with one attached hydrogen (secondary N) is 2. The minimum atomic E-state index is -0.270. The molecule has 1 saturated heterocycles. The molecular weight excluding hydrogens is 426 g/mol. The molecule has 0 bridgehead atoms. The summed E-state index contributed by atoms with van der Waals surface area (Å²) in [6.45, 7) is 8.70. The predicted octanol–water partition coefficient (Wildman–Crippen LogP) is 5.06. The second kappa shape index (κ2) is 11.0. The fourth-order valence-electron chi connectivity index (χ4n) is 4.37. The van der Waals surface area contributed by atoms with E-state index in [0.717, 1.165) is 67.5 Å². The first-order chi connectivity index (χ1) is 16.5. The summed E-state index contributed by atoms with van der Waals surface area (Å²) in [5.74, 6) is 1.87. The molecule has 2 aromatic carbocycles. The van der Waals surface area contributed by atoms with Gasteiger partial charge in [0.15, 0.2) is 0 Å². The number of pyridine rings is 1. The highest BCUT2D eigenvalue weighted by molar-refractivity contribution is 6.00. The molecule has 0 aliphatic carbocycles. The fourth-order valence-corrected chi connectivity index (χ4v) is 4.37. The number of aryl methyl sites for hydroxylation is 2. The first-order valence-electron chi connectivity index (χ1n) is 11.7. The molecule has 1 fully saturated rings. The highest BCUT2D eigenvalue weighted by Gasteiger charge is 2.17. The van der Waals surface area contributed by atoms with Gasteiger partial charge >= 0.3 is 6.03 Å². The Bertz CT molecular complexity index is 1100. The minimum absolute atomic E-state index is 0.270. The van der Waals surface area contributed by atoms with Crippen molar-refractivity contribution in [1.82, 2.24) is 9.88 Å². The molecule has 1 aliphatic heterocycles. The lowest BCUT2D eigenvalue weighted by Crippen LogP contribution is -2.31. The van der Waals surface area contributed by atoms with Crippen LogP contribution in [0.4, 0.5) is 22.0 Å². The zero-order chi connectivity index (χ0) is 23.9. The van der Waals surface area contributed by atoms with Crippen LogP contribution < -0.4 is 20.3 Å². The summed E-state index contributed by atoms with van der Waals surface area (Å²) in [4.78, 5) is 21.9. The van der Waals surface area contributed by atoms with Gasteiger partial charge in [0.2, 0.25) is 0 Å². The highest BCUT2D eigenvalue weighted by Crippen LogP contribution is 2.22. The van der Waals surface area contributed by atoms with Crippen molar-refractivity contribution in [3.05, 3.63) is 77.5 Å². The number of hydrogen-bond acceptors (Lipinski definition) is 5. The highest BCUT2D eigenvalue weighted by atomic mass is 16.5. The van der Waals surface area contributed by atoms with Crippen LogP contribution in [0.5, 0.6) is 5.75 Å². The van der Waals surface area contributed by atoms with Gasteiger partial charge in [0, 0.05) is 44.0 Å². The molecule has 7 heteroatoms. The second-order valence-electron chi connectivity index (χ2n) is 8.68. The van der Waals surface area contributed by atoms with E-state index >= 15 is 0 Å². The fraction of sp³-hybridized carbons (Fsp3) is 0.333. The number of aromatic nitrogens is 1. The Morgan fingerprint density at radius 3 is 2.47 bits per heavy atom. The zero-order valence-corrected chi connectivity index (χ0v) is 20.2. The van der Waals surface area contributed by atoms with E-state index < -0.39 is 0 Å². The number of rotatable bonds is 6. The van der Waals surface area contributed by atoms with Crippen molar-refractivity contribution >= 4 is 23.2 Å². The smallest absolute Gasteiger partial charge is 0.323 e. The van der Waals surface area contributed by atoms with Gasteiger partial charge in [-0.1, -0.05) is 36.4 Å². The molecule has 0 atom stereocenters. The van der Waals surface area contributed by atoms with Crippen molar-refractivity contribution in [2.24, 2.45) is 0 Å². The van der Waals surface area contributed by atoms with Crippen molar-refractivity contribution in [3.63, 3.8) is 0 Å². The summed E-state index contributed by atoms with van der Waals surface area (Å²) in [6, 6.07) is 17.8. The first kappa shape index (κ1) is 23.6. The summed E-state index contributed by atoms with van der Waals surface area (Å²) in [5, 5.41) is 5.82. The third-order valence-electron chi connectivity index (χ3n) is 6.22. The van der Waals surface area contributed by atoms with Crippen LogP contribution in [0.15, 0.2) is 60.8 Å². The van der Waals surface area contributed by atoms with E-state index in [1.165, 1.54) is 5.56 Å². The number of benzene rings is 2. The lowest BCUT2D eigenvalue weighted by atomic mass is 10.1. The molecule has 0 spiro atoms. The third kappa shape index (κ3) is 5.85. The number of anilines is 3. The van der Waals surface area contributed by atoms with E-state index in [4.69, 9.17) is 4.74 Å². The molecule has 7 nitrogen and oxygen atoms in total. The largest absolute Gasteiger partial charge is 0.496 e. The van der Waals surface area contributed by atoms with Crippen LogP contribution >= 0.6 is 0 Å². The molecule has 34 heavy (non-hydrogen) atoms. The quantitative estimate of drug-likeness (QED) is 0.539. The summed E-state index contributed by atoms with van der Waals surface area (Å²) in [5.41, 5.74) is 4.78. The topological polar surface area (TPSA) is 69.7 Å². The Balaban J connectivity index is 1.32. The van der Waals surface area contributed by atoms with E-state index in [2.05, 4.69) is 37.6 Å². The van der Waals surface area contributed by atoms with Gasteiger partial charge in [-0.25, -0.2) is 9.78 Å². The van der Waals surface area contributed by atoms with Crippen LogP contribution in [-0.4, -0.2) is 49.2 Å². The number of amides is 2. The maximum atomic E-state index is 12.5. The van der Waals surface area contributed by atoms with E-state index in [1.54, 1.807) is 13.3 Å². The molecule has 0 unspecified atom stereocenters. The monoisotopic (exact) mass is 459 g/mol. The number of carbonyl (C=O) groups excluding carboxylic acids is 1. The van der Waals surface area contributed by atoms with Crippen molar-refractivity contribution < 1.29 is 9.53 Å². The lowest BCUT2D eigenvalue weighted by Gasteiger charge is -2.23. The number of urea groups is 1. The van der Waals surface area contributed by atoms with E-state index in [9.17, 15) is 4.79 Å². The number of para-hydroxylation sites is 2. The molecule has 2 heterocycles. The summed E-state index contributed by atoms with van der Waals surface area (Å²) in [6.07, 6.45) is 2.78. The van der Waals surface area contributed by atoms with E-state index in [-0.39, 0.29) is 6.03 Å². The number of methoxy groups -OCH3 is 1. The van der Waals surface area contributed by atoms with Gasteiger partial charge in [-0.05, 0) is 49.6 Å². The number of ether oxygens (including phenoxy) is 1. The van der Waals surface area contributed by atoms with Crippen molar-refractivity contribution in [1.29, 1.82) is 0 Å². The first-order valence-corrected chi connectivity index (χ1v) is 11.7. The average molecular weight is 460 g/mol. The molecule has 4 rings (SSSR count).